The average Bonchev–Trinajstić information content (AvgIpc) is 2.56. The quantitative estimate of drug-likeness (QED) is 0.814. The molecular formula is C11H19NO3S. The lowest BCUT2D eigenvalue weighted by atomic mass is 10.0. The van der Waals surface area contributed by atoms with Crippen molar-refractivity contribution in [1.82, 2.24) is 4.90 Å². The van der Waals surface area contributed by atoms with E-state index in [9.17, 15) is 9.59 Å². The van der Waals surface area contributed by atoms with Crippen LogP contribution in [0.5, 0.6) is 0 Å². The summed E-state index contributed by atoms with van der Waals surface area (Å²) in [5, 5.41) is 9.39. The Morgan fingerprint density at radius 2 is 2.12 bits per heavy atom. The van der Waals surface area contributed by atoms with E-state index in [1.54, 1.807) is 16.7 Å². The standard InChI is InChI=1S/C11H19NO3S/c1-7(2)16-6-10(13)12-5-4-9(8(12)3)11(14)15/h7-9H,4-6H2,1-3H3,(H,14,15). The van der Waals surface area contributed by atoms with Crippen LogP contribution in [0.25, 0.3) is 0 Å². The lowest BCUT2D eigenvalue weighted by Crippen LogP contribution is -2.38. The van der Waals surface area contributed by atoms with Gasteiger partial charge in [-0.25, -0.2) is 0 Å². The molecule has 1 heterocycles. The van der Waals surface area contributed by atoms with Crippen molar-refractivity contribution in [1.29, 1.82) is 0 Å². The van der Waals surface area contributed by atoms with Gasteiger partial charge in [0.05, 0.1) is 11.7 Å². The summed E-state index contributed by atoms with van der Waals surface area (Å²) in [6.45, 7) is 6.50. The van der Waals surface area contributed by atoms with Crippen LogP contribution >= 0.6 is 11.8 Å². The van der Waals surface area contributed by atoms with Gasteiger partial charge >= 0.3 is 5.97 Å². The minimum absolute atomic E-state index is 0.0648. The Hall–Kier alpha value is -0.710. The molecule has 1 N–H and O–H groups in total. The normalized spacial score (nSPS) is 25.1. The molecule has 2 atom stereocenters. The molecule has 0 spiro atoms. The lowest BCUT2D eigenvalue weighted by molar-refractivity contribution is -0.142. The van der Waals surface area contributed by atoms with Gasteiger partial charge in [-0.15, -0.1) is 11.8 Å². The summed E-state index contributed by atoms with van der Waals surface area (Å²) in [5.41, 5.74) is 0. The summed E-state index contributed by atoms with van der Waals surface area (Å²) >= 11 is 1.60. The van der Waals surface area contributed by atoms with E-state index in [4.69, 9.17) is 5.11 Å². The molecule has 2 unspecified atom stereocenters. The molecular weight excluding hydrogens is 226 g/mol. The van der Waals surface area contributed by atoms with E-state index in [0.29, 0.717) is 24.0 Å². The number of rotatable bonds is 4. The number of carboxylic acid groups (broad SMARTS) is 1. The molecule has 1 aliphatic heterocycles. The van der Waals surface area contributed by atoms with Gasteiger partial charge < -0.3 is 10.0 Å². The third kappa shape index (κ3) is 3.14. The highest BCUT2D eigenvalue weighted by atomic mass is 32.2. The van der Waals surface area contributed by atoms with Crippen LogP contribution in [0.1, 0.15) is 27.2 Å². The van der Waals surface area contributed by atoms with Crippen LogP contribution in [-0.2, 0) is 9.59 Å². The molecule has 0 radical (unpaired) electrons. The van der Waals surface area contributed by atoms with Crippen LogP contribution in [0.3, 0.4) is 0 Å². The Morgan fingerprint density at radius 1 is 1.50 bits per heavy atom. The van der Waals surface area contributed by atoms with Gasteiger partial charge in [-0.3, -0.25) is 9.59 Å². The Balaban J connectivity index is 2.49. The molecule has 0 aliphatic carbocycles. The lowest BCUT2D eigenvalue weighted by Gasteiger charge is -2.23. The Bertz CT molecular complexity index is 280. The summed E-state index contributed by atoms with van der Waals surface area (Å²) in [6, 6.07) is -0.169. The summed E-state index contributed by atoms with van der Waals surface area (Å²) in [4.78, 5) is 24.4. The Labute approximate surface area is 100 Å². The maximum absolute atomic E-state index is 11.8. The van der Waals surface area contributed by atoms with Gasteiger partial charge in [0.1, 0.15) is 0 Å². The fourth-order valence-corrected chi connectivity index (χ4v) is 2.58. The molecule has 0 bridgehead atoms. The Kier molecular flexibility index (Phi) is 4.65. The SMILES string of the molecule is CC(C)SCC(=O)N1CCC(C(=O)O)C1C. The maximum Gasteiger partial charge on any atom is 0.308 e. The van der Waals surface area contributed by atoms with Gasteiger partial charge in [-0.2, -0.15) is 0 Å². The van der Waals surface area contributed by atoms with E-state index >= 15 is 0 Å². The van der Waals surface area contributed by atoms with Gasteiger partial charge in [-0.05, 0) is 18.6 Å². The second kappa shape index (κ2) is 5.57. The summed E-state index contributed by atoms with van der Waals surface area (Å²) in [6.07, 6.45) is 0.578. The van der Waals surface area contributed by atoms with Crippen molar-refractivity contribution in [3.63, 3.8) is 0 Å². The van der Waals surface area contributed by atoms with Gasteiger partial charge in [0.25, 0.3) is 0 Å². The molecule has 1 saturated heterocycles. The van der Waals surface area contributed by atoms with Crippen molar-refractivity contribution >= 4 is 23.6 Å². The minimum atomic E-state index is -0.792. The van der Waals surface area contributed by atoms with Crippen LogP contribution in [0.15, 0.2) is 0 Å². The summed E-state index contributed by atoms with van der Waals surface area (Å²) in [7, 11) is 0. The zero-order valence-corrected chi connectivity index (χ0v) is 10.8. The molecule has 1 fully saturated rings. The van der Waals surface area contributed by atoms with Crippen LogP contribution in [-0.4, -0.2) is 45.5 Å². The molecule has 5 heteroatoms. The largest absolute Gasteiger partial charge is 0.481 e. The molecule has 0 aromatic rings. The molecule has 4 nitrogen and oxygen atoms in total. The van der Waals surface area contributed by atoms with E-state index in [-0.39, 0.29) is 11.9 Å². The van der Waals surface area contributed by atoms with Gasteiger partial charge in [0.2, 0.25) is 5.91 Å². The van der Waals surface area contributed by atoms with Crippen molar-refractivity contribution in [2.45, 2.75) is 38.5 Å². The first-order chi connectivity index (χ1) is 7.43. The maximum atomic E-state index is 11.8. The van der Waals surface area contributed by atoms with E-state index in [0.717, 1.165) is 0 Å². The highest BCUT2D eigenvalue weighted by Gasteiger charge is 2.37. The van der Waals surface area contributed by atoms with Crippen LogP contribution in [0.4, 0.5) is 0 Å². The van der Waals surface area contributed by atoms with E-state index < -0.39 is 11.9 Å². The van der Waals surface area contributed by atoms with E-state index in [2.05, 4.69) is 0 Å². The zero-order chi connectivity index (χ0) is 12.3. The second-order valence-electron chi connectivity index (χ2n) is 4.42. The summed E-state index contributed by atoms with van der Waals surface area (Å²) in [5.74, 6) is -0.670. The molecule has 0 aromatic carbocycles. The summed E-state index contributed by atoms with van der Waals surface area (Å²) < 4.78 is 0. The first kappa shape index (κ1) is 13.4. The number of carboxylic acids is 1. The number of carbonyl (C=O) groups excluding carboxylic acids is 1. The average molecular weight is 245 g/mol. The third-order valence-corrected chi connectivity index (χ3v) is 4.01. The fraction of sp³-hybridized carbons (Fsp3) is 0.818. The predicted molar refractivity (Wildman–Crippen MR) is 64.5 cm³/mol. The molecule has 0 saturated carbocycles. The first-order valence-corrected chi connectivity index (χ1v) is 6.62. The number of amides is 1. The second-order valence-corrected chi connectivity index (χ2v) is 5.99. The number of nitrogens with zero attached hydrogens (tertiary/aromatic N) is 1. The van der Waals surface area contributed by atoms with Crippen molar-refractivity contribution in [2.75, 3.05) is 12.3 Å². The third-order valence-electron chi connectivity index (χ3n) is 2.93. The monoisotopic (exact) mass is 245 g/mol. The smallest absolute Gasteiger partial charge is 0.308 e. The van der Waals surface area contributed by atoms with Crippen molar-refractivity contribution in [2.24, 2.45) is 5.92 Å². The van der Waals surface area contributed by atoms with Gasteiger partial charge in [0, 0.05) is 12.6 Å². The number of thioether (sulfide) groups is 1. The molecule has 16 heavy (non-hydrogen) atoms. The van der Waals surface area contributed by atoms with Crippen molar-refractivity contribution < 1.29 is 14.7 Å². The van der Waals surface area contributed by atoms with Crippen molar-refractivity contribution in [3.05, 3.63) is 0 Å². The van der Waals surface area contributed by atoms with Gasteiger partial charge in [0.15, 0.2) is 0 Å². The van der Waals surface area contributed by atoms with Crippen LogP contribution in [0.2, 0.25) is 0 Å². The molecule has 0 aromatic heterocycles. The molecule has 92 valence electrons. The molecule has 1 rings (SSSR count). The first-order valence-electron chi connectivity index (χ1n) is 5.57. The number of hydrogen-bond acceptors (Lipinski definition) is 3. The number of aliphatic carboxylic acids is 1. The van der Waals surface area contributed by atoms with E-state index in [1.165, 1.54) is 0 Å². The van der Waals surface area contributed by atoms with Crippen LogP contribution < -0.4 is 0 Å². The number of carbonyl (C=O) groups is 2. The highest BCUT2D eigenvalue weighted by molar-refractivity contribution is 8.00. The minimum Gasteiger partial charge on any atom is -0.481 e. The van der Waals surface area contributed by atoms with E-state index in [1.807, 2.05) is 20.8 Å². The van der Waals surface area contributed by atoms with Gasteiger partial charge in [-0.1, -0.05) is 13.8 Å². The van der Waals surface area contributed by atoms with Crippen molar-refractivity contribution in [3.8, 4) is 0 Å². The zero-order valence-electron chi connectivity index (χ0n) is 9.97. The number of likely N-dealkylation sites (tertiary alicyclic amines) is 1. The Morgan fingerprint density at radius 3 is 2.56 bits per heavy atom. The number of hydrogen-bond donors (Lipinski definition) is 1. The molecule has 1 aliphatic rings. The fourth-order valence-electron chi connectivity index (χ4n) is 1.94. The highest BCUT2D eigenvalue weighted by Crippen LogP contribution is 2.25. The molecule has 1 amide bonds. The topological polar surface area (TPSA) is 57.6 Å². The van der Waals surface area contributed by atoms with Crippen LogP contribution in [0, 0.1) is 5.92 Å². The predicted octanol–water partition coefficient (Wildman–Crippen LogP) is 1.45.